The van der Waals surface area contributed by atoms with Gasteiger partial charge in [0.2, 0.25) is 0 Å². The van der Waals surface area contributed by atoms with Crippen molar-refractivity contribution < 1.29 is 13.5 Å². The Morgan fingerprint density at radius 3 is 2.23 bits per heavy atom. The van der Waals surface area contributed by atoms with Crippen molar-refractivity contribution in [1.29, 1.82) is 0 Å². The highest BCUT2D eigenvalue weighted by Gasteiger charge is 2.25. The van der Waals surface area contributed by atoms with E-state index in [0.717, 1.165) is 0 Å². The molecule has 0 saturated heterocycles. The Balaban J connectivity index is 2.70. The molecule has 0 aliphatic carbocycles. The quantitative estimate of drug-likeness (QED) is 0.610. The molecule has 0 radical (unpaired) electrons. The highest BCUT2D eigenvalue weighted by Crippen LogP contribution is 2.40. The van der Waals surface area contributed by atoms with Gasteiger partial charge in [0.05, 0.1) is 7.11 Å². The van der Waals surface area contributed by atoms with Crippen LogP contribution in [-0.2, 0) is 0 Å². The third kappa shape index (κ3) is 3.95. The molecule has 0 N–H and O–H groups in total. The largest absolute Gasteiger partial charge is 0.497 e. The SMILES string of the molecule is COc1ccc(SC(F)(F)Br)cc1. The first-order chi connectivity index (χ1) is 6.01. The van der Waals surface area contributed by atoms with Gasteiger partial charge in [-0.3, -0.25) is 0 Å². The van der Waals surface area contributed by atoms with Gasteiger partial charge in [0, 0.05) is 20.8 Å². The molecule has 0 aliphatic rings. The molecule has 1 aromatic rings. The van der Waals surface area contributed by atoms with E-state index in [1.54, 1.807) is 24.3 Å². The van der Waals surface area contributed by atoms with Gasteiger partial charge in [-0.1, -0.05) is 0 Å². The highest BCUT2D eigenvalue weighted by molar-refractivity contribution is 9.11. The first-order valence-electron chi connectivity index (χ1n) is 3.41. The van der Waals surface area contributed by atoms with E-state index in [-0.39, 0.29) is 0 Å². The van der Waals surface area contributed by atoms with Crippen molar-refractivity contribution in [2.75, 3.05) is 7.11 Å². The Morgan fingerprint density at radius 1 is 1.31 bits per heavy atom. The molecule has 0 aliphatic heterocycles. The summed E-state index contributed by atoms with van der Waals surface area (Å²) in [6, 6.07) is 6.44. The Kier molecular flexibility index (Phi) is 3.55. The molecule has 0 amide bonds. The molecule has 0 bridgehead atoms. The first-order valence-corrected chi connectivity index (χ1v) is 5.02. The van der Waals surface area contributed by atoms with E-state index < -0.39 is 4.16 Å². The van der Waals surface area contributed by atoms with Crippen LogP contribution in [-0.4, -0.2) is 11.3 Å². The lowest BCUT2D eigenvalue weighted by Crippen LogP contribution is -1.95. The van der Waals surface area contributed by atoms with E-state index in [9.17, 15) is 8.78 Å². The van der Waals surface area contributed by atoms with Crippen LogP contribution in [0.25, 0.3) is 0 Å². The normalized spacial score (nSPS) is 11.4. The minimum absolute atomic E-state index is 0.448. The van der Waals surface area contributed by atoms with Gasteiger partial charge in [0.15, 0.2) is 0 Å². The number of hydrogen-bond acceptors (Lipinski definition) is 2. The van der Waals surface area contributed by atoms with E-state index >= 15 is 0 Å². The van der Waals surface area contributed by atoms with E-state index in [4.69, 9.17) is 4.74 Å². The highest BCUT2D eigenvalue weighted by atomic mass is 79.9. The Morgan fingerprint density at radius 2 is 1.85 bits per heavy atom. The van der Waals surface area contributed by atoms with Gasteiger partial charge in [-0.2, -0.15) is 8.78 Å². The average Bonchev–Trinajstić information content (AvgIpc) is 2.03. The standard InChI is InChI=1S/C8H7BrF2OS/c1-12-6-2-4-7(5-3-6)13-8(9,10)11/h2-5H,1H3. The molecular weight excluding hydrogens is 262 g/mol. The maximum Gasteiger partial charge on any atom is 0.353 e. The molecule has 0 heterocycles. The molecule has 13 heavy (non-hydrogen) atoms. The minimum atomic E-state index is -2.92. The molecular formula is C8H7BrF2OS. The molecule has 72 valence electrons. The summed E-state index contributed by atoms with van der Waals surface area (Å²) in [6.07, 6.45) is 0. The van der Waals surface area contributed by atoms with Gasteiger partial charge >= 0.3 is 4.16 Å². The molecule has 0 atom stereocenters. The number of methoxy groups -OCH3 is 1. The molecule has 1 aromatic carbocycles. The van der Waals surface area contributed by atoms with Gasteiger partial charge < -0.3 is 4.74 Å². The molecule has 0 aromatic heterocycles. The minimum Gasteiger partial charge on any atom is -0.497 e. The number of hydrogen-bond donors (Lipinski definition) is 0. The topological polar surface area (TPSA) is 9.23 Å². The lowest BCUT2D eigenvalue weighted by Gasteiger charge is -2.07. The summed E-state index contributed by atoms with van der Waals surface area (Å²) >= 11 is 2.70. The maximum atomic E-state index is 12.4. The van der Waals surface area contributed by atoms with Crippen LogP contribution in [0, 0.1) is 0 Å². The lowest BCUT2D eigenvalue weighted by molar-refractivity contribution is 0.221. The molecule has 0 unspecified atom stereocenters. The van der Waals surface area contributed by atoms with Gasteiger partial charge in [-0.25, -0.2) is 0 Å². The van der Waals surface area contributed by atoms with E-state index in [2.05, 4.69) is 15.9 Å². The van der Waals surface area contributed by atoms with Gasteiger partial charge in [-0.05, 0) is 36.0 Å². The zero-order valence-corrected chi connectivity index (χ0v) is 9.16. The van der Waals surface area contributed by atoms with Gasteiger partial charge in [0.1, 0.15) is 5.75 Å². The Bertz CT molecular complexity index is 270. The average molecular weight is 269 g/mol. The zero-order valence-electron chi connectivity index (χ0n) is 6.76. The third-order valence-corrected chi connectivity index (χ3v) is 2.52. The number of benzene rings is 1. The van der Waals surface area contributed by atoms with Crippen molar-refractivity contribution in [3.05, 3.63) is 24.3 Å². The van der Waals surface area contributed by atoms with Crippen LogP contribution in [0.3, 0.4) is 0 Å². The number of thioether (sulfide) groups is 1. The molecule has 0 spiro atoms. The molecule has 1 rings (SSSR count). The van der Waals surface area contributed by atoms with E-state index in [1.807, 2.05) is 0 Å². The van der Waals surface area contributed by atoms with Crippen LogP contribution in [0.1, 0.15) is 0 Å². The summed E-state index contributed by atoms with van der Waals surface area (Å²) in [5, 5.41) is 0. The van der Waals surface area contributed by atoms with Crippen LogP contribution in [0.4, 0.5) is 8.78 Å². The number of rotatable bonds is 3. The van der Waals surface area contributed by atoms with Crippen molar-refractivity contribution in [2.45, 2.75) is 9.06 Å². The van der Waals surface area contributed by atoms with Crippen molar-refractivity contribution in [1.82, 2.24) is 0 Å². The monoisotopic (exact) mass is 268 g/mol. The fourth-order valence-corrected chi connectivity index (χ4v) is 1.88. The van der Waals surface area contributed by atoms with E-state index in [1.165, 1.54) is 7.11 Å². The predicted octanol–water partition coefficient (Wildman–Crippen LogP) is 3.73. The summed E-state index contributed by atoms with van der Waals surface area (Å²) < 4.78 is 26.9. The fourth-order valence-electron chi connectivity index (χ4n) is 0.777. The third-order valence-electron chi connectivity index (χ3n) is 1.29. The van der Waals surface area contributed by atoms with Crippen LogP contribution in [0.5, 0.6) is 5.75 Å². The Labute approximate surface area is 87.6 Å². The number of alkyl halides is 3. The summed E-state index contributed by atoms with van der Waals surface area (Å²) in [5.74, 6) is 0.655. The Hall–Kier alpha value is -0.290. The number of ether oxygens (including phenoxy) is 1. The molecule has 0 fully saturated rings. The summed E-state index contributed by atoms with van der Waals surface area (Å²) in [4.78, 5) is 0.489. The van der Waals surface area contributed by atoms with Gasteiger partial charge in [-0.15, -0.1) is 0 Å². The smallest absolute Gasteiger partial charge is 0.353 e. The van der Waals surface area contributed by atoms with Crippen LogP contribution in [0.2, 0.25) is 0 Å². The van der Waals surface area contributed by atoms with Gasteiger partial charge in [0.25, 0.3) is 0 Å². The first kappa shape index (κ1) is 10.8. The second-order valence-electron chi connectivity index (χ2n) is 2.22. The fraction of sp³-hybridized carbons (Fsp3) is 0.250. The summed E-state index contributed by atoms with van der Waals surface area (Å²) in [5.41, 5.74) is 0. The molecule has 0 saturated carbocycles. The predicted molar refractivity (Wildman–Crippen MR) is 52.7 cm³/mol. The van der Waals surface area contributed by atoms with Crippen molar-refractivity contribution in [3.63, 3.8) is 0 Å². The summed E-state index contributed by atoms with van der Waals surface area (Å²) in [6.45, 7) is 0. The second-order valence-corrected chi connectivity index (χ2v) is 4.93. The van der Waals surface area contributed by atoms with Crippen molar-refractivity contribution in [3.8, 4) is 5.75 Å². The number of halogens is 3. The molecule has 5 heteroatoms. The van der Waals surface area contributed by atoms with Crippen molar-refractivity contribution in [2.24, 2.45) is 0 Å². The maximum absolute atomic E-state index is 12.4. The van der Waals surface area contributed by atoms with Crippen molar-refractivity contribution >= 4 is 27.7 Å². The van der Waals surface area contributed by atoms with Crippen LogP contribution < -0.4 is 4.74 Å². The second kappa shape index (κ2) is 4.28. The lowest BCUT2D eigenvalue weighted by atomic mass is 10.3. The zero-order chi connectivity index (χ0) is 9.90. The van der Waals surface area contributed by atoms with E-state index in [0.29, 0.717) is 22.4 Å². The summed E-state index contributed by atoms with van der Waals surface area (Å²) in [7, 11) is 1.53. The molecule has 1 nitrogen and oxygen atoms in total. The van der Waals surface area contributed by atoms with Crippen LogP contribution in [0.15, 0.2) is 29.2 Å². The van der Waals surface area contributed by atoms with Crippen LogP contribution >= 0.6 is 27.7 Å².